The molecule has 158 valence electrons. The molecule has 0 spiro atoms. The average Bonchev–Trinajstić information content (AvgIpc) is 3.49. The lowest BCUT2D eigenvalue weighted by Gasteiger charge is -2.11. The van der Waals surface area contributed by atoms with Gasteiger partial charge in [-0.3, -0.25) is 5.10 Å². The molecule has 0 aliphatic rings. The summed E-state index contributed by atoms with van der Waals surface area (Å²) >= 11 is 0. The second-order valence-corrected chi connectivity index (χ2v) is 7.27. The first-order chi connectivity index (χ1) is 15.7. The number of hydrogen-bond acceptors (Lipinski definition) is 5. The van der Waals surface area contributed by atoms with E-state index in [4.69, 9.17) is 9.47 Å². The van der Waals surface area contributed by atoms with E-state index < -0.39 is 5.97 Å². The third-order valence-electron chi connectivity index (χ3n) is 5.15. The van der Waals surface area contributed by atoms with Crippen LogP contribution < -0.4 is 4.74 Å². The van der Waals surface area contributed by atoms with Crippen molar-refractivity contribution < 1.29 is 14.3 Å². The molecule has 2 N–H and O–H groups in total. The van der Waals surface area contributed by atoms with Crippen LogP contribution in [0.15, 0.2) is 79.0 Å². The van der Waals surface area contributed by atoms with E-state index in [9.17, 15) is 4.79 Å². The third kappa shape index (κ3) is 3.83. The summed E-state index contributed by atoms with van der Waals surface area (Å²) in [7, 11) is 1.36. The zero-order valence-electron chi connectivity index (χ0n) is 17.3. The zero-order chi connectivity index (χ0) is 21.9. The van der Waals surface area contributed by atoms with Gasteiger partial charge in [0.15, 0.2) is 5.82 Å². The number of aromatic nitrogens is 4. The van der Waals surface area contributed by atoms with E-state index in [1.54, 1.807) is 12.3 Å². The van der Waals surface area contributed by atoms with Gasteiger partial charge in [-0.25, -0.2) is 9.78 Å². The summed E-state index contributed by atoms with van der Waals surface area (Å²) in [6.07, 6.45) is 2.45. The summed E-state index contributed by atoms with van der Waals surface area (Å²) in [6.45, 7) is 0. The number of aromatic amines is 2. The van der Waals surface area contributed by atoms with Gasteiger partial charge in [0.2, 0.25) is 0 Å². The SMILES string of the molecule is COC(=O)c1c(Oc2cccc(-c3n[nH]c(Cc4ccccc4)n3)c2)ccc2[nH]ccc12. The Labute approximate surface area is 184 Å². The normalized spacial score (nSPS) is 10.9. The van der Waals surface area contributed by atoms with Gasteiger partial charge >= 0.3 is 5.97 Å². The van der Waals surface area contributed by atoms with Crippen LogP contribution in [0.3, 0.4) is 0 Å². The van der Waals surface area contributed by atoms with Crippen LogP contribution in [0.2, 0.25) is 0 Å². The standard InChI is InChI=1S/C25H20N4O3/c1-31-25(30)23-19-12-13-26-20(19)10-11-21(23)32-18-9-5-8-17(15-18)24-27-22(28-29-24)14-16-6-3-2-4-7-16/h2-13,15,26H,14H2,1H3,(H,27,28,29). The number of nitrogens with zero attached hydrogens (tertiary/aromatic N) is 2. The molecular weight excluding hydrogens is 404 g/mol. The van der Waals surface area contributed by atoms with Gasteiger partial charge in [0.25, 0.3) is 0 Å². The highest BCUT2D eigenvalue weighted by Gasteiger charge is 2.19. The fraction of sp³-hybridized carbons (Fsp3) is 0.0800. The molecule has 0 amide bonds. The van der Waals surface area contributed by atoms with E-state index in [-0.39, 0.29) is 0 Å². The Morgan fingerprint density at radius 2 is 1.88 bits per heavy atom. The van der Waals surface area contributed by atoms with Crippen molar-refractivity contribution in [2.24, 2.45) is 0 Å². The zero-order valence-corrected chi connectivity index (χ0v) is 17.3. The highest BCUT2D eigenvalue weighted by molar-refractivity contribution is 6.06. The molecule has 3 aromatic carbocycles. The molecule has 0 bridgehead atoms. The topological polar surface area (TPSA) is 92.9 Å². The summed E-state index contributed by atoms with van der Waals surface area (Å²) in [5.41, 5.74) is 3.17. The number of nitrogens with one attached hydrogen (secondary N) is 2. The molecule has 0 saturated heterocycles. The Balaban J connectivity index is 1.43. The van der Waals surface area contributed by atoms with E-state index in [1.807, 2.05) is 54.6 Å². The largest absolute Gasteiger partial charge is 0.465 e. The molecule has 0 fully saturated rings. The molecule has 0 aliphatic carbocycles. The van der Waals surface area contributed by atoms with Crippen molar-refractivity contribution in [1.29, 1.82) is 0 Å². The lowest BCUT2D eigenvalue weighted by molar-refractivity contribution is 0.0600. The number of esters is 1. The maximum atomic E-state index is 12.4. The van der Waals surface area contributed by atoms with Crippen LogP contribution in [-0.4, -0.2) is 33.2 Å². The summed E-state index contributed by atoms with van der Waals surface area (Å²) in [6, 6.07) is 23.0. The summed E-state index contributed by atoms with van der Waals surface area (Å²) in [5, 5.41) is 8.10. The number of rotatable bonds is 6. The van der Waals surface area contributed by atoms with Crippen molar-refractivity contribution in [3.05, 3.63) is 95.9 Å². The van der Waals surface area contributed by atoms with Crippen molar-refractivity contribution in [1.82, 2.24) is 20.2 Å². The second-order valence-electron chi connectivity index (χ2n) is 7.27. The molecule has 5 rings (SSSR count). The maximum absolute atomic E-state index is 12.4. The predicted octanol–water partition coefficient (Wildman–Crippen LogP) is 5.12. The molecule has 5 aromatic rings. The highest BCUT2D eigenvalue weighted by atomic mass is 16.5. The Kier molecular flexibility index (Phi) is 5.13. The summed E-state index contributed by atoms with van der Waals surface area (Å²) in [5.74, 6) is 1.89. The number of H-pyrrole nitrogens is 2. The Morgan fingerprint density at radius 3 is 2.72 bits per heavy atom. The average molecular weight is 424 g/mol. The number of ether oxygens (including phenoxy) is 2. The van der Waals surface area contributed by atoms with Crippen LogP contribution >= 0.6 is 0 Å². The Hall–Kier alpha value is -4.39. The lowest BCUT2D eigenvalue weighted by Crippen LogP contribution is -2.04. The fourth-order valence-electron chi connectivity index (χ4n) is 3.63. The van der Waals surface area contributed by atoms with Crippen molar-refractivity contribution in [3.63, 3.8) is 0 Å². The number of methoxy groups -OCH3 is 1. The van der Waals surface area contributed by atoms with E-state index >= 15 is 0 Å². The van der Waals surface area contributed by atoms with Crippen molar-refractivity contribution >= 4 is 16.9 Å². The molecule has 2 heterocycles. The number of hydrogen-bond donors (Lipinski definition) is 2. The minimum Gasteiger partial charge on any atom is -0.465 e. The number of carbonyl (C=O) groups is 1. The second kappa shape index (κ2) is 8.39. The first kappa shape index (κ1) is 19.6. The highest BCUT2D eigenvalue weighted by Crippen LogP contribution is 2.33. The van der Waals surface area contributed by atoms with Gasteiger partial charge in [0.05, 0.1) is 7.11 Å². The summed E-state index contributed by atoms with van der Waals surface area (Å²) < 4.78 is 11.1. The molecule has 0 unspecified atom stereocenters. The van der Waals surface area contributed by atoms with Gasteiger partial charge in [-0.2, -0.15) is 5.10 Å². The first-order valence-electron chi connectivity index (χ1n) is 10.1. The van der Waals surface area contributed by atoms with E-state index in [0.29, 0.717) is 29.3 Å². The Bertz CT molecular complexity index is 1390. The predicted molar refractivity (Wildman–Crippen MR) is 121 cm³/mol. The number of fused-ring (bicyclic) bond motifs is 1. The van der Waals surface area contributed by atoms with Crippen LogP contribution in [0, 0.1) is 0 Å². The third-order valence-corrected chi connectivity index (χ3v) is 5.15. The fourth-order valence-corrected chi connectivity index (χ4v) is 3.63. The molecule has 7 nitrogen and oxygen atoms in total. The van der Waals surface area contributed by atoms with Crippen molar-refractivity contribution in [3.8, 4) is 22.9 Å². The van der Waals surface area contributed by atoms with Crippen LogP contribution in [0.25, 0.3) is 22.3 Å². The first-order valence-corrected chi connectivity index (χ1v) is 10.1. The van der Waals surface area contributed by atoms with Gasteiger partial charge in [-0.1, -0.05) is 42.5 Å². The number of carbonyl (C=O) groups excluding carboxylic acids is 1. The molecule has 0 atom stereocenters. The van der Waals surface area contributed by atoms with E-state index in [1.165, 1.54) is 7.11 Å². The van der Waals surface area contributed by atoms with E-state index in [0.717, 1.165) is 27.9 Å². The van der Waals surface area contributed by atoms with Crippen LogP contribution in [0.4, 0.5) is 0 Å². The van der Waals surface area contributed by atoms with E-state index in [2.05, 4.69) is 32.3 Å². The minimum atomic E-state index is -0.458. The molecule has 32 heavy (non-hydrogen) atoms. The smallest absolute Gasteiger partial charge is 0.342 e. The van der Waals surface area contributed by atoms with Gasteiger partial charge in [0, 0.05) is 29.1 Å². The molecule has 0 aliphatic heterocycles. The quantitative estimate of drug-likeness (QED) is 0.369. The number of benzene rings is 3. The van der Waals surface area contributed by atoms with Crippen molar-refractivity contribution in [2.75, 3.05) is 7.11 Å². The van der Waals surface area contributed by atoms with Crippen LogP contribution in [-0.2, 0) is 11.2 Å². The minimum absolute atomic E-state index is 0.375. The van der Waals surface area contributed by atoms with Crippen molar-refractivity contribution in [2.45, 2.75) is 6.42 Å². The summed E-state index contributed by atoms with van der Waals surface area (Å²) in [4.78, 5) is 20.2. The van der Waals surface area contributed by atoms with Crippen LogP contribution in [0.5, 0.6) is 11.5 Å². The van der Waals surface area contributed by atoms with Gasteiger partial charge in [-0.15, -0.1) is 0 Å². The molecule has 7 heteroatoms. The molecular formula is C25H20N4O3. The Morgan fingerprint density at radius 1 is 1.00 bits per heavy atom. The molecule has 0 radical (unpaired) electrons. The monoisotopic (exact) mass is 424 g/mol. The van der Waals surface area contributed by atoms with Crippen LogP contribution in [0.1, 0.15) is 21.7 Å². The van der Waals surface area contributed by atoms with Gasteiger partial charge in [0.1, 0.15) is 22.9 Å². The molecule has 0 saturated carbocycles. The van der Waals surface area contributed by atoms with Gasteiger partial charge < -0.3 is 14.5 Å². The molecule has 2 aromatic heterocycles. The lowest BCUT2D eigenvalue weighted by atomic mass is 10.1. The van der Waals surface area contributed by atoms with Gasteiger partial charge in [-0.05, 0) is 35.9 Å². The maximum Gasteiger partial charge on any atom is 0.342 e.